The summed E-state index contributed by atoms with van der Waals surface area (Å²) < 4.78 is 0. The largest absolute Gasteiger partial charge is 0.395 e. The van der Waals surface area contributed by atoms with Crippen molar-refractivity contribution in [2.75, 3.05) is 13.2 Å². The van der Waals surface area contributed by atoms with E-state index < -0.39 is 0 Å². The van der Waals surface area contributed by atoms with E-state index in [2.05, 4.69) is 12.2 Å². The monoisotopic (exact) mass is 129 g/mol. The zero-order valence-electron chi connectivity index (χ0n) is 5.93. The van der Waals surface area contributed by atoms with Gasteiger partial charge in [-0.3, -0.25) is 0 Å². The van der Waals surface area contributed by atoms with Gasteiger partial charge in [-0.25, -0.2) is 0 Å². The fraction of sp³-hybridized carbons (Fsp3) is 1.00. The molecule has 0 aromatic heterocycles. The molecule has 0 amide bonds. The van der Waals surface area contributed by atoms with Crippen LogP contribution in [0.1, 0.15) is 19.8 Å². The van der Waals surface area contributed by atoms with E-state index >= 15 is 0 Å². The van der Waals surface area contributed by atoms with E-state index in [1.165, 1.54) is 12.8 Å². The van der Waals surface area contributed by atoms with E-state index in [0.29, 0.717) is 6.04 Å². The van der Waals surface area contributed by atoms with Crippen LogP contribution in [0, 0.1) is 5.92 Å². The molecule has 9 heavy (non-hydrogen) atoms. The molecule has 0 heterocycles. The molecule has 1 fully saturated rings. The van der Waals surface area contributed by atoms with Crippen LogP contribution in [-0.2, 0) is 0 Å². The highest BCUT2D eigenvalue weighted by atomic mass is 16.3. The molecule has 2 nitrogen and oxygen atoms in total. The second-order valence-corrected chi connectivity index (χ2v) is 2.84. The lowest BCUT2D eigenvalue weighted by Gasteiger charge is -2.34. The van der Waals surface area contributed by atoms with E-state index in [1.54, 1.807) is 0 Å². The van der Waals surface area contributed by atoms with Crippen molar-refractivity contribution in [3.8, 4) is 0 Å². The first-order valence-corrected chi connectivity index (χ1v) is 3.69. The number of aliphatic hydroxyl groups excluding tert-OH is 1. The van der Waals surface area contributed by atoms with Gasteiger partial charge < -0.3 is 10.4 Å². The molecule has 2 N–H and O–H groups in total. The van der Waals surface area contributed by atoms with Crippen molar-refractivity contribution in [3.63, 3.8) is 0 Å². The summed E-state index contributed by atoms with van der Waals surface area (Å²) in [5.41, 5.74) is 0. The van der Waals surface area contributed by atoms with Gasteiger partial charge in [0.05, 0.1) is 6.61 Å². The highest BCUT2D eigenvalue weighted by Gasteiger charge is 2.25. The van der Waals surface area contributed by atoms with E-state index in [0.717, 1.165) is 12.5 Å². The van der Waals surface area contributed by atoms with Crippen molar-refractivity contribution < 1.29 is 5.11 Å². The minimum atomic E-state index is 0.267. The molecule has 54 valence electrons. The summed E-state index contributed by atoms with van der Waals surface area (Å²) in [6.07, 6.45) is 2.64. The van der Waals surface area contributed by atoms with Gasteiger partial charge in [0.1, 0.15) is 0 Å². The maximum absolute atomic E-state index is 8.46. The number of nitrogens with one attached hydrogen (secondary N) is 1. The van der Waals surface area contributed by atoms with Gasteiger partial charge in [0.25, 0.3) is 0 Å². The number of rotatable bonds is 3. The van der Waals surface area contributed by atoms with Crippen molar-refractivity contribution in [1.82, 2.24) is 5.32 Å². The summed E-state index contributed by atoms with van der Waals surface area (Å²) in [5.74, 6) is 0.830. The third-order valence-electron chi connectivity index (χ3n) is 2.14. The lowest BCUT2D eigenvalue weighted by Crippen LogP contribution is -2.43. The van der Waals surface area contributed by atoms with Crippen LogP contribution in [-0.4, -0.2) is 24.3 Å². The molecule has 0 bridgehead atoms. The molecule has 1 aliphatic carbocycles. The molecule has 2 unspecified atom stereocenters. The standard InChI is InChI=1S/C7H15NO/c1-6-2-3-7(6)8-4-5-9/h6-9H,2-5H2,1H3. The average Bonchev–Trinajstić information content (AvgIpc) is 1.86. The zero-order chi connectivity index (χ0) is 6.69. The predicted molar refractivity (Wildman–Crippen MR) is 37.3 cm³/mol. The summed E-state index contributed by atoms with van der Waals surface area (Å²) in [5, 5.41) is 11.7. The number of aliphatic hydroxyl groups is 1. The van der Waals surface area contributed by atoms with Crippen LogP contribution in [0.5, 0.6) is 0 Å². The van der Waals surface area contributed by atoms with Crippen molar-refractivity contribution in [3.05, 3.63) is 0 Å². The second-order valence-electron chi connectivity index (χ2n) is 2.84. The van der Waals surface area contributed by atoms with Crippen molar-refractivity contribution in [1.29, 1.82) is 0 Å². The Hall–Kier alpha value is -0.0800. The first kappa shape index (κ1) is 7.03. The smallest absolute Gasteiger partial charge is 0.0556 e. The van der Waals surface area contributed by atoms with Gasteiger partial charge in [-0.05, 0) is 18.8 Å². The Morgan fingerprint density at radius 1 is 1.56 bits per heavy atom. The Morgan fingerprint density at radius 2 is 2.33 bits per heavy atom. The molecule has 1 rings (SSSR count). The SMILES string of the molecule is CC1CCC1NCCO. The molecule has 0 saturated heterocycles. The third kappa shape index (κ3) is 1.66. The van der Waals surface area contributed by atoms with Gasteiger partial charge in [0.15, 0.2) is 0 Å². The first-order valence-electron chi connectivity index (χ1n) is 3.69. The molecule has 0 radical (unpaired) electrons. The maximum Gasteiger partial charge on any atom is 0.0556 e. The van der Waals surface area contributed by atoms with Crippen LogP contribution in [0.25, 0.3) is 0 Å². The van der Waals surface area contributed by atoms with Crippen LogP contribution >= 0.6 is 0 Å². The van der Waals surface area contributed by atoms with E-state index in [1.807, 2.05) is 0 Å². The first-order chi connectivity index (χ1) is 4.34. The molecular weight excluding hydrogens is 114 g/mol. The molecule has 2 heteroatoms. The zero-order valence-corrected chi connectivity index (χ0v) is 5.93. The third-order valence-corrected chi connectivity index (χ3v) is 2.14. The Balaban J connectivity index is 1.99. The molecule has 2 atom stereocenters. The fourth-order valence-electron chi connectivity index (χ4n) is 1.22. The average molecular weight is 129 g/mol. The summed E-state index contributed by atoms with van der Waals surface area (Å²) in [6.45, 7) is 3.27. The van der Waals surface area contributed by atoms with Gasteiger partial charge in [0.2, 0.25) is 0 Å². The van der Waals surface area contributed by atoms with Crippen molar-refractivity contribution >= 4 is 0 Å². The van der Waals surface area contributed by atoms with Crippen LogP contribution in [0.2, 0.25) is 0 Å². The lowest BCUT2D eigenvalue weighted by atomic mass is 9.81. The minimum absolute atomic E-state index is 0.267. The summed E-state index contributed by atoms with van der Waals surface area (Å²) in [4.78, 5) is 0. The number of hydrogen-bond donors (Lipinski definition) is 2. The highest BCUT2D eigenvalue weighted by molar-refractivity contribution is 4.82. The van der Waals surface area contributed by atoms with Gasteiger partial charge in [-0.15, -0.1) is 0 Å². The lowest BCUT2D eigenvalue weighted by molar-refractivity contribution is 0.207. The topological polar surface area (TPSA) is 32.3 Å². The van der Waals surface area contributed by atoms with Gasteiger partial charge in [0, 0.05) is 12.6 Å². The fourth-order valence-corrected chi connectivity index (χ4v) is 1.22. The summed E-state index contributed by atoms with van der Waals surface area (Å²) in [7, 11) is 0. The predicted octanol–water partition coefficient (Wildman–Crippen LogP) is 0.367. The molecule has 0 aliphatic heterocycles. The maximum atomic E-state index is 8.46. The summed E-state index contributed by atoms with van der Waals surface area (Å²) >= 11 is 0. The van der Waals surface area contributed by atoms with Crippen LogP contribution in [0.4, 0.5) is 0 Å². The van der Waals surface area contributed by atoms with E-state index in [9.17, 15) is 0 Å². The van der Waals surface area contributed by atoms with E-state index in [-0.39, 0.29) is 6.61 Å². The molecule has 0 aromatic carbocycles. The Kier molecular flexibility index (Phi) is 2.49. The second kappa shape index (κ2) is 3.18. The van der Waals surface area contributed by atoms with E-state index in [4.69, 9.17) is 5.11 Å². The van der Waals surface area contributed by atoms with Crippen molar-refractivity contribution in [2.24, 2.45) is 5.92 Å². The summed E-state index contributed by atoms with van der Waals surface area (Å²) in [6, 6.07) is 0.692. The Morgan fingerprint density at radius 3 is 2.67 bits per heavy atom. The molecule has 1 aliphatic rings. The van der Waals surface area contributed by atoms with Gasteiger partial charge in [-0.1, -0.05) is 6.92 Å². The van der Waals surface area contributed by atoms with Crippen LogP contribution < -0.4 is 5.32 Å². The number of hydrogen-bond acceptors (Lipinski definition) is 2. The molecule has 0 aromatic rings. The minimum Gasteiger partial charge on any atom is -0.395 e. The van der Waals surface area contributed by atoms with Gasteiger partial charge in [-0.2, -0.15) is 0 Å². The molecular formula is C7H15NO. The molecule has 0 spiro atoms. The highest BCUT2D eigenvalue weighted by Crippen LogP contribution is 2.25. The van der Waals surface area contributed by atoms with Crippen molar-refractivity contribution in [2.45, 2.75) is 25.8 Å². The van der Waals surface area contributed by atoms with Crippen LogP contribution in [0.3, 0.4) is 0 Å². The Labute approximate surface area is 56.3 Å². The quantitative estimate of drug-likeness (QED) is 0.577. The Bertz CT molecular complexity index is 85.0. The van der Waals surface area contributed by atoms with Gasteiger partial charge >= 0.3 is 0 Å². The molecule has 1 saturated carbocycles. The normalized spacial score (nSPS) is 34.0. The van der Waals surface area contributed by atoms with Crippen LogP contribution in [0.15, 0.2) is 0 Å².